The second-order valence-electron chi connectivity index (χ2n) is 5.40. The molecule has 2 aliphatic rings. The summed E-state index contributed by atoms with van der Waals surface area (Å²) < 4.78 is 18.6. The molecule has 0 bridgehead atoms. The van der Waals surface area contributed by atoms with Crippen LogP contribution in [0.4, 0.5) is 4.39 Å². The van der Waals surface area contributed by atoms with Crippen LogP contribution in [0.5, 0.6) is 0 Å². The Hall–Kier alpha value is -0.970. The fraction of sp³-hybridized carbons (Fsp3) is 0.600. The molecule has 19 heavy (non-hydrogen) atoms. The van der Waals surface area contributed by atoms with Gasteiger partial charge in [0.05, 0.1) is 6.61 Å². The first-order valence-corrected chi connectivity index (χ1v) is 6.99. The molecule has 0 N–H and O–H groups in total. The maximum absolute atomic E-state index is 12.8. The zero-order valence-electron chi connectivity index (χ0n) is 10.9. The van der Waals surface area contributed by atoms with E-state index in [1.165, 1.54) is 12.1 Å². The number of hydrogen-bond acceptors (Lipinski definition) is 3. The van der Waals surface area contributed by atoms with Crippen molar-refractivity contribution < 1.29 is 18.9 Å². The normalized spacial score (nSPS) is 25.8. The third-order valence-corrected chi connectivity index (χ3v) is 3.90. The van der Waals surface area contributed by atoms with Gasteiger partial charge in [0.15, 0.2) is 0 Å². The molecule has 4 heteroatoms. The second-order valence-corrected chi connectivity index (χ2v) is 5.40. The average Bonchev–Trinajstić information content (AvgIpc) is 2.89. The molecule has 1 atom stereocenters. The molecule has 1 aromatic carbocycles. The molecule has 1 spiro atoms. The zero-order valence-corrected chi connectivity index (χ0v) is 10.9. The number of rotatable bonds is 3. The molecule has 104 valence electrons. The molecule has 1 unspecified atom stereocenters. The van der Waals surface area contributed by atoms with Gasteiger partial charge in [-0.15, -0.1) is 0 Å². The Labute approximate surface area is 112 Å². The summed E-state index contributed by atoms with van der Waals surface area (Å²) in [6, 6.07) is 6.58. The highest BCUT2D eigenvalue weighted by Crippen LogP contribution is 2.37. The summed E-state index contributed by atoms with van der Waals surface area (Å²) in [5.41, 5.74) is 1.10. The molecule has 1 saturated heterocycles. The first-order valence-electron chi connectivity index (χ1n) is 6.99. The maximum atomic E-state index is 12.8. The van der Waals surface area contributed by atoms with E-state index in [0.717, 1.165) is 44.1 Å². The molecule has 1 heterocycles. The minimum absolute atomic E-state index is 0.0312. The van der Waals surface area contributed by atoms with E-state index in [2.05, 4.69) is 0 Å². The van der Waals surface area contributed by atoms with E-state index in [1.54, 1.807) is 12.1 Å². The molecule has 1 aliphatic heterocycles. The molecule has 3 nitrogen and oxygen atoms in total. The van der Waals surface area contributed by atoms with Gasteiger partial charge >= 0.3 is 0 Å². The van der Waals surface area contributed by atoms with Gasteiger partial charge in [0.25, 0.3) is 0 Å². The number of benzene rings is 1. The SMILES string of the molecule is Fc1ccc(CCC2COC3(CCCC3)OO2)cc1. The van der Waals surface area contributed by atoms with Gasteiger partial charge < -0.3 is 4.74 Å². The molecule has 1 saturated carbocycles. The predicted molar refractivity (Wildman–Crippen MR) is 67.8 cm³/mol. The fourth-order valence-corrected chi connectivity index (χ4v) is 2.70. The van der Waals surface area contributed by atoms with Crippen molar-refractivity contribution in [2.24, 2.45) is 0 Å². The largest absolute Gasteiger partial charge is 0.344 e. The Morgan fingerprint density at radius 3 is 2.53 bits per heavy atom. The topological polar surface area (TPSA) is 27.7 Å². The van der Waals surface area contributed by atoms with E-state index in [-0.39, 0.29) is 11.9 Å². The standard InChI is InChI=1S/C15H19FO3/c16-13-6-3-12(4-7-13)5-8-14-11-17-15(19-18-14)9-1-2-10-15/h3-4,6-7,14H,1-2,5,8-11H2. The van der Waals surface area contributed by atoms with Crippen molar-refractivity contribution in [3.63, 3.8) is 0 Å². The number of halogens is 1. The quantitative estimate of drug-likeness (QED) is 0.785. The minimum atomic E-state index is -0.466. The lowest BCUT2D eigenvalue weighted by molar-refractivity contribution is -0.484. The first-order chi connectivity index (χ1) is 9.26. The Balaban J connectivity index is 1.46. The van der Waals surface area contributed by atoms with Gasteiger partial charge in [-0.05, 0) is 43.4 Å². The Bertz CT molecular complexity index is 402. The Kier molecular flexibility index (Phi) is 3.82. The van der Waals surface area contributed by atoms with Crippen LogP contribution < -0.4 is 0 Å². The van der Waals surface area contributed by atoms with Crippen LogP contribution in [-0.2, 0) is 20.9 Å². The summed E-state index contributed by atoms with van der Waals surface area (Å²) in [5, 5.41) is 0. The molecular weight excluding hydrogens is 247 g/mol. The van der Waals surface area contributed by atoms with E-state index < -0.39 is 5.79 Å². The molecule has 3 rings (SSSR count). The van der Waals surface area contributed by atoms with Gasteiger partial charge in [-0.25, -0.2) is 14.2 Å². The lowest BCUT2D eigenvalue weighted by Crippen LogP contribution is -2.43. The highest BCUT2D eigenvalue weighted by atomic mass is 19.1. The van der Waals surface area contributed by atoms with Crippen molar-refractivity contribution in [2.45, 2.75) is 50.4 Å². The van der Waals surface area contributed by atoms with Crippen LogP contribution in [0.15, 0.2) is 24.3 Å². The van der Waals surface area contributed by atoms with Crippen molar-refractivity contribution in [2.75, 3.05) is 6.61 Å². The van der Waals surface area contributed by atoms with Gasteiger partial charge in [0.2, 0.25) is 5.79 Å². The summed E-state index contributed by atoms with van der Waals surface area (Å²) in [6.07, 6.45) is 5.77. The van der Waals surface area contributed by atoms with Gasteiger partial charge in [-0.1, -0.05) is 12.1 Å². The zero-order chi connectivity index (χ0) is 13.1. The third-order valence-electron chi connectivity index (χ3n) is 3.90. The van der Waals surface area contributed by atoms with Crippen LogP contribution in [-0.4, -0.2) is 18.5 Å². The lowest BCUT2D eigenvalue weighted by Gasteiger charge is -2.35. The van der Waals surface area contributed by atoms with E-state index in [1.807, 2.05) is 0 Å². The molecule has 1 aliphatic carbocycles. The Morgan fingerprint density at radius 2 is 1.89 bits per heavy atom. The van der Waals surface area contributed by atoms with Crippen molar-refractivity contribution in [3.05, 3.63) is 35.6 Å². The smallest absolute Gasteiger partial charge is 0.201 e. The Morgan fingerprint density at radius 1 is 1.16 bits per heavy atom. The molecular formula is C15H19FO3. The summed E-state index contributed by atoms with van der Waals surface area (Å²) in [6.45, 7) is 0.585. The van der Waals surface area contributed by atoms with Crippen molar-refractivity contribution >= 4 is 0 Å². The average molecular weight is 266 g/mol. The second kappa shape index (κ2) is 5.57. The molecule has 0 aromatic heterocycles. The predicted octanol–water partition coefficient (Wildman–Crippen LogP) is 3.38. The first kappa shape index (κ1) is 13.0. The van der Waals surface area contributed by atoms with Crippen LogP contribution in [0.25, 0.3) is 0 Å². The molecule has 0 amide bonds. The van der Waals surface area contributed by atoms with E-state index in [4.69, 9.17) is 14.5 Å². The summed E-state index contributed by atoms with van der Waals surface area (Å²) in [4.78, 5) is 10.9. The summed E-state index contributed by atoms with van der Waals surface area (Å²) >= 11 is 0. The number of ether oxygens (including phenoxy) is 1. The molecule has 2 fully saturated rings. The maximum Gasteiger partial charge on any atom is 0.201 e. The van der Waals surface area contributed by atoms with Crippen molar-refractivity contribution in [3.8, 4) is 0 Å². The monoisotopic (exact) mass is 266 g/mol. The van der Waals surface area contributed by atoms with Crippen LogP contribution >= 0.6 is 0 Å². The van der Waals surface area contributed by atoms with E-state index >= 15 is 0 Å². The van der Waals surface area contributed by atoms with Gasteiger partial charge in [-0.2, -0.15) is 0 Å². The summed E-state index contributed by atoms with van der Waals surface area (Å²) in [7, 11) is 0. The minimum Gasteiger partial charge on any atom is -0.344 e. The van der Waals surface area contributed by atoms with Gasteiger partial charge in [-0.3, -0.25) is 0 Å². The third kappa shape index (κ3) is 3.14. The van der Waals surface area contributed by atoms with Crippen molar-refractivity contribution in [1.82, 2.24) is 0 Å². The fourth-order valence-electron chi connectivity index (χ4n) is 2.70. The van der Waals surface area contributed by atoms with E-state index in [0.29, 0.717) is 6.61 Å². The van der Waals surface area contributed by atoms with Crippen LogP contribution in [0.1, 0.15) is 37.7 Å². The van der Waals surface area contributed by atoms with Crippen LogP contribution in [0.3, 0.4) is 0 Å². The van der Waals surface area contributed by atoms with Crippen LogP contribution in [0.2, 0.25) is 0 Å². The number of aryl methyl sites for hydroxylation is 1. The lowest BCUT2D eigenvalue weighted by atomic mass is 10.1. The highest BCUT2D eigenvalue weighted by Gasteiger charge is 2.41. The van der Waals surface area contributed by atoms with Crippen molar-refractivity contribution in [1.29, 1.82) is 0 Å². The number of hydrogen-bond donors (Lipinski definition) is 0. The highest BCUT2D eigenvalue weighted by molar-refractivity contribution is 5.16. The van der Waals surface area contributed by atoms with Gasteiger partial charge in [0, 0.05) is 12.8 Å². The molecule has 1 aromatic rings. The molecule has 0 radical (unpaired) electrons. The van der Waals surface area contributed by atoms with E-state index in [9.17, 15) is 4.39 Å². The van der Waals surface area contributed by atoms with Crippen LogP contribution in [0, 0.1) is 5.82 Å². The summed E-state index contributed by atoms with van der Waals surface area (Å²) in [5.74, 6) is -0.667. The van der Waals surface area contributed by atoms with Gasteiger partial charge in [0.1, 0.15) is 11.9 Å².